The Hall–Kier alpha value is -2.70. The molecule has 1 atom stereocenters. The number of halogens is 1. The number of aromatic nitrogens is 2. The summed E-state index contributed by atoms with van der Waals surface area (Å²) in [6.07, 6.45) is 1.96. The highest BCUT2D eigenvalue weighted by Crippen LogP contribution is 2.28. The van der Waals surface area contributed by atoms with Gasteiger partial charge in [0.2, 0.25) is 5.60 Å². The fourth-order valence-corrected chi connectivity index (χ4v) is 2.35. The molecule has 1 amide bonds. The fourth-order valence-electron chi connectivity index (χ4n) is 2.35. The van der Waals surface area contributed by atoms with Crippen molar-refractivity contribution in [3.05, 3.63) is 47.9 Å². The van der Waals surface area contributed by atoms with E-state index in [1.165, 1.54) is 6.07 Å². The normalized spacial score (nSPS) is 20.0. The summed E-state index contributed by atoms with van der Waals surface area (Å²) in [6, 6.07) is 7.99. The highest BCUT2D eigenvalue weighted by Gasteiger charge is 2.43. The third kappa shape index (κ3) is 2.94. The van der Waals surface area contributed by atoms with Crippen LogP contribution < -0.4 is 5.32 Å². The second-order valence-corrected chi connectivity index (χ2v) is 5.53. The van der Waals surface area contributed by atoms with Crippen LogP contribution in [-0.2, 0) is 16.2 Å². The van der Waals surface area contributed by atoms with Crippen molar-refractivity contribution >= 4 is 17.4 Å². The average molecular weight is 316 g/mol. The number of benzene rings is 1. The van der Waals surface area contributed by atoms with Crippen LogP contribution in [0.2, 0.25) is 0 Å². The zero-order chi connectivity index (χ0) is 16.4. The second-order valence-electron chi connectivity index (χ2n) is 5.53. The molecule has 2 aromatic rings. The summed E-state index contributed by atoms with van der Waals surface area (Å²) < 4.78 is 15.5. The summed E-state index contributed by atoms with van der Waals surface area (Å²) in [7, 11) is 0. The van der Waals surface area contributed by atoms with E-state index in [-0.39, 0.29) is 18.1 Å². The van der Waals surface area contributed by atoms with E-state index in [9.17, 15) is 9.18 Å². The minimum absolute atomic E-state index is 0.189. The molecule has 2 heterocycles. The van der Waals surface area contributed by atoms with Crippen LogP contribution >= 0.6 is 0 Å². The highest BCUT2D eigenvalue weighted by atomic mass is 19.1. The first-order valence-corrected chi connectivity index (χ1v) is 7.37. The van der Waals surface area contributed by atoms with Gasteiger partial charge in [-0.25, -0.2) is 4.39 Å². The lowest BCUT2D eigenvalue weighted by molar-refractivity contribution is -0.135. The third-order valence-electron chi connectivity index (χ3n) is 3.73. The van der Waals surface area contributed by atoms with Gasteiger partial charge in [0.15, 0.2) is 5.82 Å². The molecule has 0 saturated carbocycles. The van der Waals surface area contributed by atoms with Gasteiger partial charge in [-0.2, -0.15) is 5.10 Å². The summed E-state index contributed by atoms with van der Waals surface area (Å²) >= 11 is 0. The van der Waals surface area contributed by atoms with Crippen molar-refractivity contribution in [1.29, 1.82) is 0 Å². The molecule has 0 fully saturated rings. The van der Waals surface area contributed by atoms with Gasteiger partial charge in [-0.15, -0.1) is 0 Å². The van der Waals surface area contributed by atoms with Crippen molar-refractivity contribution in [1.82, 2.24) is 9.78 Å². The summed E-state index contributed by atoms with van der Waals surface area (Å²) in [6.45, 7) is 4.29. The number of carbonyl (C=O) groups excluding carboxylic acids is 1. The predicted octanol–water partition coefficient (Wildman–Crippen LogP) is 2.56. The Labute approximate surface area is 132 Å². The smallest absolute Gasteiger partial charge is 0.272 e. The van der Waals surface area contributed by atoms with Crippen LogP contribution in [0.25, 0.3) is 0 Å². The van der Waals surface area contributed by atoms with Crippen LogP contribution in [0.4, 0.5) is 10.2 Å². The van der Waals surface area contributed by atoms with E-state index < -0.39 is 5.60 Å². The molecule has 1 N–H and O–H groups in total. The standard InChI is InChI=1S/C16H17FN4O2/c1-3-21-9-8-14(19-21)18-15(22)16(2)10-13(20-23-16)11-6-4-5-7-12(11)17/h4-9H,3,10H2,1-2H3,(H,18,19,22)/t16-/m1/s1. The van der Waals surface area contributed by atoms with Crippen molar-refractivity contribution in [2.45, 2.75) is 32.4 Å². The first-order chi connectivity index (χ1) is 11.0. The number of hydrogen-bond donors (Lipinski definition) is 1. The molecule has 0 aliphatic carbocycles. The van der Waals surface area contributed by atoms with Crippen molar-refractivity contribution in [2.75, 3.05) is 5.32 Å². The van der Waals surface area contributed by atoms with E-state index in [4.69, 9.17) is 4.84 Å². The monoisotopic (exact) mass is 316 g/mol. The molecule has 6 nitrogen and oxygen atoms in total. The Balaban J connectivity index is 1.72. The Morgan fingerprint density at radius 1 is 1.43 bits per heavy atom. The first kappa shape index (κ1) is 15.2. The second kappa shape index (κ2) is 5.83. The van der Waals surface area contributed by atoms with Crippen molar-refractivity contribution in [2.24, 2.45) is 5.16 Å². The number of nitrogens with zero attached hydrogens (tertiary/aromatic N) is 3. The largest absolute Gasteiger partial charge is 0.379 e. The number of aryl methyl sites for hydroxylation is 1. The number of oxime groups is 1. The molecule has 23 heavy (non-hydrogen) atoms. The van der Waals surface area contributed by atoms with Crippen molar-refractivity contribution in [3.8, 4) is 0 Å². The SMILES string of the molecule is CCn1ccc(NC(=O)[C@@]2(C)CC(c3ccccc3F)=NO2)n1. The van der Waals surface area contributed by atoms with E-state index in [0.717, 1.165) is 0 Å². The maximum absolute atomic E-state index is 13.8. The lowest BCUT2D eigenvalue weighted by Crippen LogP contribution is -2.40. The topological polar surface area (TPSA) is 68.5 Å². The molecule has 0 bridgehead atoms. The van der Waals surface area contributed by atoms with Gasteiger partial charge in [0.05, 0.1) is 5.71 Å². The fraction of sp³-hybridized carbons (Fsp3) is 0.312. The van der Waals surface area contributed by atoms with Crippen LogP contribution in [0.5, 0.6) is 0 Å². The average Bonchev–Trinajstić information content (AvgIpc) is 3.15. The molecular formula is C16H17FN4O2. The summed E-state index contributed by atoms with van der Waals surface area (Å²) in [5.74, 6) is -0.309. The van der Waals surface area contributed by atoms with Gasteiger partial charge >= 0.3 is 0 Å². The predicted molar refractivity (Wildman–Crippen MR) is 83.6 cm³/mol. The number of anilines is 1. The van der Waals surface area contributed by atoms with Gasteiger partial charge in [0.25, 0.3) is 5.91 Å². The molecule has 120 valence electrons. The van der Waals surface area contributed by atoms with Gasteiger partial charge in [0.1, 0.15) is 5.82 Å². The molecule has 0 saturated heterocycles. The first-order valence-electron chi connectivity index (χ1n) is 7.37. The van der Waals surface area contributed by atoms with Crippen molar-refractivity contribution in [3.63, 3.8) is 0 Å². The quantitative estimate of drug-likeness (QED) is 0.942. The number of amides is 1. The van der Waals surface area contributed by atoms with E-state index >= 15 is 0 Å². The summed E-state index contributed by atoms with van der Waals surface area (Å²) in [4.78, 5) is 17.7. The van der Waals surface area contributed by atoms with E-state index in [1.807, 2.05) is 6.92 Å². The van der Waals surface area contributed by atoms with Crippen LogP contribution in [0.3, 0.4) is 0 Å². The number of nitrogens with one attached hydrogen (secondary N) is 1. The van der Waals surface area contributed by atoms with E-state index in [1.54, 1.807) is 42.1 Å². The number of rotatable bonds is 4. The minimum Gasteiger partial charge on any atom is -0.379 e. The van der Waals surface area contributed by atoms with E-state index in [2.05, 4.69) is 15.6 Å². The molecule has 0 spiro atoms. The molecule has 0 radical (unpaired) electrons. The Kier molecular flexibility index (Phi) is 3.85. The Morgan fingerprint density at radius 2 is 2.22 bits per heavy atom. The molecular weight excluding hydrogens is 299 g/mol. The van der Waals surface area contributed by atoms with Gasteiger partial charge in [-0.05, 0) is 19.9 Å². The molecule has 1 aliphatic heterocycles. The summed E-state index contributed by atoms with van der Waals surface area (Å²) in [5.41, 5.74) is -0.424. The summed E-state index contributed by atoms with van der Waals surface area (Å²) in [5, 5.41) is 10.8. The van der Waals surface area contributed by atoms with Gasteiger partial charge < -0.3 is 10.2 Å². The number of hydrogen-bond acceptors (Lipinski definition) is 4. The zero-order valence-corrected chi connectivity index (χ0v) is 12.9. The van der Waals surface area contributed by atoms with Crippen LogP contribution in [-0.4, -0.2) is 27.0 Å². The van der Waals surface area contributed by atoms with Crippen molar-refractivity contribution < 1.29 is 14.0 Å². The Bertz CT molecular complexity index is 771. The molecule has 7 heteroatoms. The minimum atomic E-state index is -1.19. The molecule has 1 aromatic heterocycles. The van der Waals surface area contributed by atoms with E-state index in [0.29, 0.717) is 23.6 Å². The highest BCUT2D eigenvalue weighted by molar-refractivity contribution is 6.07. The van der Waals surface area contributed by atoms with Gasteiger partial charge in [-0.1, -0.05) is 23.4 Å². The third-order valence-corrected chi connectivity index (χ3v) is 3.73. The number of carbonyl (C=O) groups is 1. The molecule has 3 rings (SSSR count). The maximum Gasteiger partial charge on any atom is 0.272 e. The molecule has 1 aliphatic rings. The lowest BCUT2D eigenvalue weighted by atomic mass is 9.95. The van der Waals surface area contributed by atoms with Gasteiger partial charge in [-0.3, -0.25) is 9.48 Å². The van der Waals surface area contributed by atoms with Crippen LogP contribution in [0.1, 0.15) is 25.8 Å². The lowest BCUT2D eigenvalue weighted by Gasteiger charge is -2.19. The van der Waals surface area contributed by atoms with Crippen LogP contribution in [0.15, 0.2) is 41.7 Å². The van der Waals surface area contributed by atoms with Crippen LogP contribution in [0, 0.1) is 5.82 Å². The van der Waals surface area contributed by atoms with Gasteiger partial charge in [0, 0.05) is 30.8 Å². The molecule has 0 unspecified atom stereocenters. The Morgan fingerprint density at radius 3 is 2.91 bits per heavy atom. The molecule has 1 aromatic carbocycles. The zero-order valence-electron chi connectivity index (χ0n) is 12.9. The maximum atomic E-state index is 13.8.